The number of aliphatic hydroxyl groups excluding tert-OH is 2. The number of nitrogens with zero attached hydrogens (tertiary/aromatic N) is 6. The molecule has 12 heteroatoms. The highest BCUT2D eigenvalue weighted by Gasteiger charge is 2.58. The van der Waals surface area contributed by atoms with Crippen molar-refractivity contribution in [3.63, 3.8) is 0 Å². The molecule has 0 unspecified atom stereocenters. The van der Waals surface area contributed by atoms with Crippen molar-refractivity contribution in [2.75, 3.05) is 54.5 Å². The van der Waals surface area contributed by atoms with Crippen LogP contribution in [-0.2, 0) is 22.7 Å². The van der Waals surface area contributed by atoms with E-state index >= 15 is 0 Å². The summed E-state index contributed by atoms with van der Waals surface area (Å²) >= 11 is 0. The first kappa shape index (κ1) is 38.4. The van der Waals surface area contributed by atoms with E-state index in [9.17, 15) is 29.4 Å². The van der Waals surface area contributed by atoms with Gasteiger partial charge in [0.15, 0.2) is 0 Å². The van der Waals surface area contributed by atoms with Gasteiger partial charge in [0.25, 0.3) is 11.1 Å². The number of hydrogen-bond acceptors (Lipinski definition) is 8. The van der Waals surface area contributed by atoms with Crippen LogP contribution in [-0.4, -0.2) is 117 Å². The molecule has 4 bridgehead atoms. The van der Waals surface area contributed by atoms with Crippen molar-refractivity contribution in [3.8, 4) is 0 Å². The molecule has 6 heterocycles. The van der Waals surface area contributed by atoms with Gasteiger partial charge in [-0.15, -0.1) is 0 Å². The average Bonchev–Trinajstić information content (AvgIpc) is 4.09. The molecule has 6 aliphatic rings. The zero-order valence-corrected chi connectivity index (χ0v) is 32.7. The average molecular weight is 743 g/mol. The molecule has 54 heavy (non-hydrogen) atoms. The number of aromatic nitrogens is 2. The quantitative estimate of drug-likeness (QED) is 0.380. The SMILES string of the molecule is C/C=C/c1ccc2n(c1=O)C[C@H]1[C@H](CO)[C@@H](C(=O)N(C)C)[C@@H]2N1CC1CC1.C/C=C\c1ccc2n(c1=O)C[C@H]1[C@H](CO)[C@@H](C(=O)N(C)C)[C@@H]2N1CC1CC1. The molecule has 2 aliphatic carbocycles. The Morgan fingerprint density at radius 3 is 1.33 bits per heavy atom. The number of aliphatic hydroxyl groups is 2. The molecule has 2 aromatic heterocycles. The van der Waals surface area contributed by atoms with Crippen molar-refractivity contribution in [2.45, 2.75) is 76.8 Å². The summed E-state index contributed by atoms with van der Waals surface area (Å²) in [5.74, 6) is 0.540. The van der Waals surface area contributed by atoms with Gasteiger partial charge in [0, 0.05) is 114 Å². The molecule has 2 amide bonds. The fourth-order valence-electron chi connectivity index (χ4n) is 9.95. The standard InChI is InChI=1S/2C21H29N3O3/c2*1-4-5-14-8-9-16-19-18(21(27)22(2)3)15(12-25)17(11-24(16)20(14)26)23(19)10-13-6-7-13/h2*4-5,8-9,13,15,17-19,25H,6-7,10-12H2,1-3H3/b5-4+;5-4-/t2*15-,17-,18+,19+/m00/s1. The molecule has 2 saturated carbocycles. The van der Waals surface area contributed by atoms with Crippen molar-refractivity contribution in [1.29, 1.82) is 0 Å². The monoisotopic (exact) mass is 742 g/mol. The molecular formula is C42H58N6O6. The van der Waals surface area contributed by atoms with Gasteiger partial charge < -0.3 is 29.1 Å². The van der Waals surface area contributed by atoms with Gasteiger partial charge in [-0.2, -0.15) is 0 Å². The lowest BCUT2D eigenvalue weighted by molar-refractivity contribution is -0.136. The van der Waals surface area contributed by atoms with Gasteiger partial charge in [-0.25, -0.2) is 0 Å². The van der Waals surface area contributed by atoms with E-state index < -0.39 is 0 Å². The van der Waals surface area contributed by atoms with Crippen LogP contribution in [0.4, 0.5) is 0 Å². The Hall–Kier alpha value is -3.84. The zero-order chi connectivity index (χ0) is 38.6. The molecule has 2 aromatic rings. The Morgan fingerprint density at radius 2 is 1.04 bits per heavy atom. The second kappa shape index (κ2) is 15.4. The Balaban J connectivity index is 0.000000167. The molecule has 4 aliphatic heterocycles. The van der Waals surface area contributed by atoms with Crippen molar-refractivity contribution in [2.24, 2.45) is 35.5 Å². The predicted octanol–water partition coefficient (Wildman–Crippen LogP) is 2.69. The normalized spacial score (nSPS) is 29.9. The molecule has 2 N–H and O–H groups in total. The van der Waals surface area contributed by atoms with Crippen LogP contribution in [0.25, 0.3) is 12.2 Å². The molecule has 8 atom stereocenters. The molecule has 0 aromatic carbocycles. The Kier molecular flexibility index (Phi) is 10.9. The molecule has 0 spiro atoms. The van der Waals surface area contributed by atoms with Gasteiger partial charge >= 0.3 is 0 Å². The van der Waals surface area contributed by atoms with Gasteiger partial charge in [0.05, 0.1) is 23.9 Å². The van der Waals surface area contributed by atoms with Crippen LogP contribution in [0.2, 0.25) is 0 Å². The number of rotatable bonds is 10. The first-order valence-electron chi connectivity index (χ1n) is 19.8. The van der Waals surface area contributed by atoms with Crippen LogP contribution in [0.3, 0.4) is 0 Å². The van der Waals surface area contributed by atoms with E-state index in [2.05, 4.69) is 9.80 Å². The highest BCUT2D eigenvalue weighted by molar-refractivity contribution is 5.81. The Labute approximate surface area is 318 Å². The van der Waals surface area contributed by atoms with E-state index in [0.717, 1.165) is 24.5 Å². The van der Waals surface area contributed by atoms with Crippen LogP contribution in [0.15, 0.2) is 46.0 Å². The number of fused-ring (bicyclic) bond motifs is 8. The van der Waals surface area contributed by atoms with E-state index in [1.165, 1.54) is 25.7 Å². The summed E-state index contributed by atoms with van der Waals surface area (Å²) in [5.41, 5.74) is 3.19. The topological polar surface area (TPSA) is 132 Å². The van der Waals surface area contributed by atoms with Gasteiger partial charge in [-0.3, -0.25) is 29.0 Å². The lowest BCUT2D eigenvalue weighted by Gasteiger charge is -2.38. The van der Waals surface area contributed by atoms with Crippen molar-refractivity contribution < 1.29 is 19.8 Å². The molecule has 4 fully saturated rings. The number of hydrogen-bond donors (Lipinski definition) is 2. The molecule has 8 rings (SSSR count). The minimum absolute atomic E-state index is 0.00122. The summed E-state index contributed by atoms with van der Waals surface area (Å²) in [6, 6.07) is 7.54. The fourth-order valence-corrected chi connectivity index (χ4v) is 9.95. The summed E-state index contributed by atoms with van der Waals surface area (Å²) in [5, 5.41) is 20.3. The molecule has 2 saturated heterocycles. The Morgan fingerprint density at radius 1 is 0.667 bits per heavy atom. The number of allylic oxidation sites excluding steroid dienone is 2. The largest absolute Gasteiger partial charge is 0.396 e. The fraction of sp³-hybridized carbons (Fsp3) is 0.619. The first-order valence-corrected chi connectivity index (χ1v) is 19.8. The van der Waals surface area contributed by atoms with E-state index in [1.54, 1.807) is 38.0 Å². The van der Waals surface area contributed by atoms with Crippen molar-refractivity contribution in [3.05, 3.63) is 79.6 Å². The van der Waals surface area contributed by atoms with Gasteiger partial charge in [0.2, 0.25) is 11.8 Å². The van der Waals surface area contributed by atoms with Gasteiger partial charge in [0.1, 0.15) is 0 Å². The second-order valence-corrected chi connectivity index (χ2v) is 16.8. The van der Waals surface area contributed by atoms with E-state index in [0.29, 0.717) is 36.1 Å². The van der Waals surface area contributed by atoms with Crippen molar-refractivity contribution in [1.82, 2.24) is 28.7 Å². The second-order valence-electron chi connectivity index (χ2n) is 16.8. The van der Waals surface area contributed by atoms with Crippen LogP contribution in [0.5, 0.6) is 0 Å². The van der Waals surface area contributed by atoms with E-state index in [4.69, 9.17) is 0 Å². The number of amides is 2. The van der Waals surface area contributed by atoms with Gasteiger partial charge in [-0.1, -0.05) is 24.3 Å². The summed E-state index contributed by atoms with van der Waals surface area (Å²) < 4.78 is 3.69. The number of pyridine rings is 2. The summed E-state index contributed by atoms with van der Waals surface area (Å²) in [6.45, 7) is 6.74. The third kappa shape index (κ3) is 6.73. The molecular weight excluding hydrogens is 684 g/mol. The summed E-state index contributed by atoms with van der Waals surface area (Å²) in [6.07, 6.45) is 12.3. The van der Waals surface area contributed by atoms with Crippen LogP contribution < -0.4 is 11.1 Å². The maximum Gasteiger partial charge on any atom is 0.258 e. The lowest BCUT2D eigenvalue weighted by Crippen LogP contribution is -2.47. The summed E-state index contributed by atoms with van der Waals surface area (Å²) in [4.78, 5) is 60.2. The number of carbonyl (C=O) groups is 2. The minimum atomic E-state index is -0.311. The Bertz CT molecular complexity index is 1790. The summed E-state index contributed by atoms with van der Waals surface area (Å²) in [7, 11) is 7.08. The lowest BCUT2D eigenvalue weighted by atomic mass is 9.86. The van der Waals surface area contributed by atoms with Crippen LogP contribution in [0, 0.1) is 35.5 Å². The molecule has 0 radical (unpaired) electrons. The molecule has 12 nitrogen and oxygen atoms in total. The maximum absolute atomic E-state index is 13.1. The smallest absolute Gasteiger partial charge is 0.258 e. The van der Waals surface area contributed by atoms with E-state index in [1.807, 2.05) is 71.6 Å². The van der Waals surface area contributed by atoms with Crippen LogP contribution in [0.1, 0.15) is 74.1 Å². The third-order valence-electron chi connectivity index (χ3n) is 12.9. The third-order valence-corrected chi connectivity index (χ3v) is 12.9. The van der Waals surface area contributed by atoms with Crippen molar-refractivity contribution >= 4 is 24.0 Å². The number of carbonyl (C=O) groups excluding carboxylic acids is 2. The minimum Gasteiger partial charge on any atom is -0.396 e. The highest BCUT2D eigenvalue weighted by atomic mass is 16.3. The van der Waals surface area contributed by atoms with E-state index in [-0.39, 0.29) is 84.0 Å². The maximum atomic E-state index is 13.1. The zero-order valence-electron chi connectivity index (χ0n) is 32.7. The van der Waals surface area contributed by atoms with Crippen LogP contribution >= 0.6 is 0 Å². The predicted molar refractivity (Wildman–Crippen MR) is 208 cm³/mol. The molecule has 292 valence electrons. The van der Waals surface area contributed by atoms with Gasteiger partial charge in [-0.05, 0) is 75.6 Å². The first-order chi connectivity index (χ1) is 25.9. The highest BCUT2D eigenvalue weighted by Crippen LogP contribution is 2.52.